The highest BCUT2D eigenvalue weighted by Gasteiger charge is 2.29. The summed E-state index contributed by atoms with van der Waals surface area (Å²) in [7, 11) is 1.53. The molecule has 1 saturated heterocycles. The van der Waals surface area contributed by atoms with E-state index < -0.39 is 0 Å². The molecule has 168 valence electrons. The van der Waals surface area contributed by atoms with Gasteiger partial charge in [-0.05, 0) is 31.0 Å². The zero-order valence-electron chi connectivity index (χ0n) is 18.4. The molecule has 1 fully saturated rings. The van der Waals surface area contributed by atoms with Crippen molar-refractivity contribution < 1.29 is 9.13 Å². The number of anilines is 1. The third kappa shape index (κ3) is 3.15. The molecule has 0 spiro atoms. The molecule has 0 saturated carbocycles. The number of aromatic nitrogens is 5. The molecule has 5 aromatic rings. The molecule has 1 atom stereocenters. The fourth-order valence-electron chi connectivity index (χ4n) is 4.72. The molecule has 6 rings (SSSR count). The summed E-state index contributed by atoms with van der Waals surface area (Å²) < 4.78 is 21.5. The first kappa shape index (κ1) is 20.2. The summed E-state index contributed by atoms with van der Waals surface area (Å²) in [5.41, 5.74) is 3.90. The summed E-state index contributed by atoms with van der Waals surface area (Å²) in [6.45, 7) is 0.799. The van der Waals surface area contributed by atoms with Crippen LogP contribution in [0.25, 0.3) is 28.1 Å². The summed E-state index contributed by atoms with van der Waals surface area (Å²) in [6, 6.07) is 14.4. The Morgan fingerprint density at radius 1 is 1.21 bits per heavy atom. The first-order valence-electron chi connectivity index (χ1n) is 11.0. The van der Waals surface area contributed by atoms with Crippen LogP contribution in [0.3, 0.4) is 0 Å². The Balaban J connectivity index is 1.43. The predicted molar refractivity (Wildman–Crippen MR) is 125 cm³/mol. The second-order valence-corrected chi connectivity index (χ2v) is 8.25. The third-order valence-electron chi connectivity index (χ3n) is 6.34. The van der Waals surface area contributed by atoms with E-state index >= 15 is 0 Å². The molecule has 9 heteroatoms. The van der Waals surface area contributed by atoms with E-state index in [2.05, 4.69) is 26.0 Å². The van der Waals surface area contributed by atoms with Crippen LogP contribution in [0.1, 0.15) is 30.0 Å². The van der Waals surface area contributed by atoms with Gasteiger partial charge in [0.25, 0.3) is 0 Å². The summed E-state index contributed by atoms with van der Waals surface area (Å²) in [5.74, 6) is 1.64. The van der Waals surface area contributed by atoms with Crippen LogP contribution in [0.4, 0.5) is 10.2 Å². The standard InChI is InChI=1S/C25H20FN7O/c1-34-22-12-20-19(11-15(22)13-27)29-24(30-20)17-14-28-33-10-8-23(31-25(17)33)32-9-4-7-21(32)16-5-2-3-6-18(16)26/h2-3,5-6,8,10-12,14,21H,4,7,9H2,1H3,(H,29,30). The molecule has 1 aliphatic heterocycles. The lowest BCUT2D eigenvalue weighted by Crippen LogP contribution is -2.24. The van der Waals surface area contributed by atoms with Crippen LogP contribution in [0.2, 0.25) is 0 Å². The van der Waals surface area contributed by atoms with Gasteiger partial charge in [0.05, 0.1) is 41.5 Å². The largest absolute Gasteiger partial charge is 0.495 e. The van der Waals surface area contributed by atoms with Crippen molar-refractivity contribution in [3.63, 3.8) is 0 Å². The maximum Gasteiger partial charge on any atom is 0.168 e. The summed E-state index contributed by atoms with van der Waals surface area (Å²) in [5, 5.41) is 13.8. The van der Waals surface area contributed by atoms with Gasteiger partial charge in [-0.15, -0.1) is 0 Å². The molecule has 0 amide bonds. The van der Waals surface area contributed by atoms with E-state index in [1.54, 1.807) is 28.9 Å². The van der Waals surface area contributed by atoms with Crippen molar-refractivity contribution in [2.75, 3.05) is 18.6 Å². The average Bonchev–Trinajstić information content (AvgIpc) is 3.60. The van der Waals surface area contributed by atoms with Gasteiger partial charge in [0.1, 0.15) is 29.3 Å². The van der Waals surface area contributed by atoms with Gasteiger partial charge in [0.2, 0.25) is 0 Å². The van der Waals surface area contributed by atoms with Crippen molar-refractivity contribution in [3.8, 4) is 23.2 Å². The minimum atomic E-state index is -0.194. The Hall–Kier alpha value is -4.45. The lowest BCUT2D eigenvalue weighted by molar-refractivity contribution is 0.414. The number of nitriles is 1. The second-order valence-electron chi connectivity index (χ2n) is 8.25. The quantitative estimate of drug-likeness (QED) is 0.426. The molecule has 4 heterocycles. The van der Waals surface area contributed by atoms with Crippen molar-refractivity contribution in [2.45, 2.75) is 18.9 Å². The van der Waals surface area contributed by atoms with Crippen LogP contribution in [-0.4, -0.2) is 38.2 Å². The molecule has 0 bridgehead atoms. The predicted octanol–water partition coefficient (Wildman–Crippen LogP) is 4.63. The van der Waals surface area contributed by atoms with E-state index in [1.807, 2.05) is 24.4 Å². The van der Waals surface area contributed by atoms with Crippen molar-refractivity contribution >= 4 is 22.5 Å². The van der Waals surface area contributed by atoms with E-state index in [0.29, 0.717) is 33.9 Å². The van der Waals surface area contributed by atoms with Crippen LogP contribution in [-0.2, 0) is 0 Å². The maximum atomic E-state index is 14.5. The second kappa shape index (κ2) is 7.85. The molecular weight excluding hydrogens is 433 g/mol. The third-order valence-corrected chi connectivity index (χ3v) is 6.34. The van der Waals surface area contributed by atoms with E-state index in [0.717, 1.165) is 36.3 Å². The number of nitrogens with zero attached hydrogens (tertiary/aromatic N) is 6. The molecule has 0 aliphatic carbocycles. The van der Waals surface area contributed by atoms with Gasteiger partial charge >= 0.3 is 0 Å². The SMILES string of the molecule is COc1cc2nc(-c3cnn4ccc(N5CCCC5c5ccccc5F)nc34)[nH]c2cc1C#N. The number of halogens is 1. The first-order valence-corrected chi connectivity index (χ1v) is 11.0. The van der Waals surface area contributed by atoms with Crippen LogP contribution in [0.15, 0.2) is 54.9 Å². The fraction of sp³-hybridized carbons (Fsp3) is 0.200. The number of benzene rings is 2. The molecule has 34 heavy (non-hydrogen) atoms. The van der Waals surface area contributed by atoms with Crippen LogP contribution in [0.5, 0.6) is 5.75 Å². The number of hydrogen-bond acceptors (Lipinski definition) is 6. The summed E-state index contributed by atoms with van der Waals surface area (Å²) in [6.07, 6.45) is 5.40. The summed E-state index contributed by atoms with van der Waals surface area (Å²) >= 11 is 0. The van der Waals surface area contributed by atoms with Gasteiger partial charge in [0, 0.05) is 24.4 Å². The number of nitrogens with one attached hydrogen (secondary N) is 1. The van der Waals surface area contributed by atoms with Gasteiger partial charge in [-0.3, -0.25) is 0 Å². The number of fused-ring (bicyclic) bond motifs is 2. The lowest BCUT2D eigenvalue weighted by Gasteiger charge is -2.26. The Bertz CT molecular complexity index is 1580. The molecule has 1 N–H and O–H groups in total. The van der Waals surface area contributed by atoms with Gasteiger partial charge in [-0.1, -0.05) is 18.2 Å². The fourth-order valence-corrected chi connectivity index (χ4v) is 4.72. The van der Waals surface area contributed by atoms with Crippen molar-refractivity contribution in [3.05, 3.63) is 71.8 Å². The minimum absolute atomic E-state index is 0.0643. The van der Waals surface area contributed by atoms with E-state index in [9.17, 15) is 9.65 Å². The normalized spacial score (nSPS) is 15.8. The topological polar surface area (TPSA) is 95.1 Å². The molecule has 3 aromatic heterocycles. The number of aromatic amines is 1. The van der Waals surface area contributed by atoms with Gasteiger partial charge in [-0.25, -0.2) is 18.9 Å². The Labute approximate surface area is 194 Å². The molecular formula is C25H20FN7O. The van der Waals surface area contributed by atoms with E-state index in [4.69, 9.17) is 9.72 Å². The molecule has 2 aromatic carbocycles. The van der Waals surface area contributed by atoms with Crippen LogP contribution >= 0.6 is 0 Å². The monoisotopic (exact) mass is 453 g/mol. The Kier molecular flexibility index (Phi) is 4.66. The number of imidazole rings is 1. The minimum Gasteiger partial charge on any atom is -0.495 e. The van der Waals surface area contributed by atoms with Gasteiger partial charge in [0.15, 0.2) is 5.65 Å². The van der Waals surface area contributed by atoms with Crippen LogP contribution in [0, 0.1) is 17.1 Å². The van der Waals surface area contributed by atoms with Crippen molar-refractivity contribution in [1.29, 1.82) is 5.26 Å². The average molecular weight is 453 g/mol. The molecule has 8 nitrogen and oxygen atoms in total. The highest BCUT2D eigenvalue weighted by molar-refractivity contribution is 5.85. The highest BCUT2D eigenvalue weighted by Crippen LogP contribution is 2.37. The number of ether oxygens (including phenoxy) is 1. The Morgan fingerprint density at radius 2 is 2.09 bits per heavy atom. The van der Waals surface area contributed by atoms with Crippen LogP contribution < -0.4 is 9.64 Å². The number of rotatable bonds is 4. The van der Waals surface area contributed by atoms with E-state index in [-0.39, 0.29) is 11.9 Å². The van der Waals surface area contributed by atoms with E-state index in [1.165, 1.54) is 13.2 Å². The summed E-state index contributed by atoms with van der Waals surface area (Å²) in [4.78, 5) is 15.0. The first-order chi connectivity index (χ1) is 16.7. The number of hydrogen-bond donors (Lipinski definition) is 1. The molecule has 0 radical (unpaired) electrons. The number of H-pyrrole nitrogens is 1. The Morgan fingerprint density at radius 3 is 2.91 bits per heavy atom. The maximum absolute atomic E-state index is 14.5. The highest BCUT2D eigenvalue weighted by atomic mass is 19.1. The zero-order chi connectivity index (χ0) is 23.2. The molecule has 1 aliphatic rings. The lowest BCUT2D eigenvalue weighted by atomic mass is 10.0. The van der Waals surface area contributed by atoms with Gasteiger partial charge in [-0.2, -0.15) is 10.4 Å². The molecule has 1 unspecified atom stereocenters. The zero-order valence-corrected chi connectivity index (χ0v) is 18.4. The van der Waals surface area contributed by atoms with Gasteiger partial charge < -0.3 is 14.6 Å². The number of methoxy groups -OCH3 is 1. The van der Waals surface area contributed by atoms with Crippen molar-refractivity contribution in [1.82, 2.24) is 24.6 Å². The smallest absolute Gasteiger partial charge is 0.168 e. The van der Waals surface area contributed by atoms with Crippen molar-refractivity contribution in [2.24, 2.45) is 0 Å².